The van der Waals surface area contributed by atoms with E-state index in [4.69, 9.17) is 0 Å². The van der Waals surface area contributed by atoms with Crippen LogP contribution in [0.25, 0.3) is 0 Å². The average Bonchev–Trinajstić information content (AvgIpc) is 3.03. The van der Waals surface area contributed by atoms with Gasteiger partial charge in [-0.2, -0.15) is 5.26 Å². The third-order valence-corrected chi connectivity index (χ3v) is 6.46. The van der Waals surface area contributed by atoms with Gasteiger partial charge in [0.1, 0.15) is 5.41 Å². The minimum Gasteiger partial charge on any atom is -0.303 e. The molecule has 0 spiro atoms. The van der Waals surface area contributed by atoms with Gasteiger partial charge in [-0.1, -0.05) is 74.5 Å². The van der Waals surface area contributed by atoms with Crippen molar-refractivity contribution in [3.05, 3.63) is 82.4 Å². The summed E-state index contributed by atoms with van der Waals surface area (Å²) in [5, 5.41) is 11.0. The van der Waals surface area contributed by atoms with Crippen LogP contribution in [0.5, 0.6) is 0 Å². The molecule has 0 radical (unpaired) electrons. The molecule has 0 saturated carbocycles. The number of rotatable bonds is 8. The molecule has 1 amide bonds. The van der Waals surface area contributed by atoms with Gasteiger partial charge in [-0.15, -0.1) is 11.8 Å². The van der Waals surface area contributed by atoms with Crippen molar-refractivity contribution in [3.63, 3.8) is 0 Å². The fraction of sp³-hybridized carbons (Fsp3) is 0.333. The molecule has 0 atom stereocenters. The fourth-order valence-electron chi connectivity index (χ4n) is 4.10. The number of likely N-dealkylation sites (N-methyl/N-ethyl adjacent to an activating group) is 1. The van der Waals surface area contributed by atoms with Crippen LogP contribution in [-0.2, 0) is 10.2 Å². The summed E-state index contributed by atoms with van der Waals surface area (Å²) < 4.78 is 0. The number of carbonyl (C=O) groups is 1. The molecule has 0 saturated heterocycles. The normalized spacial score (nSPS) is 15.8. The minimum atomic E-state index is -1.10. The number of nitriles is 1. The second kappa shape index (κ2) is 9.30. The summed E-state index contributed by atoms with van der Waals surface area (Å²) in [5.74, 6) is -0.0389. The molecule has 0 fully saturated rings. The van der Waals surface area contributed by atoms with E-state index in [2.05, 4.69) is 24.8 Å². The topological polar surface area (TPSA) is 47.3 Å². The number of nitrogens with zero attached hydrogens (tertiary/aromatic N) is 3. The van der Waals surface area contributed by atoms with Gasteiger partial charge in [-0.05, 0) is 30.5 Å². The lowest BCUT2D eigenvalue weighted by Crippen LogP contribution is -2.44. The highest BCUT2D eigenvalue weighted by atomic mass is 32.2. The van der Waals surface area contributed by atoms with Crippen LogP contribution in [0.1, 0.15) is 25.0 Å². The van der Waals surface area contributed by atoms with E-state index in [1.807, 2.05) is 71.8 Å². The summed E-state index contributed by atoms with van der Waals surface area (Å²) in [6.45, 7) is 7.47. The van der Waals surface area contributed by atoms with E-state index in [0.29, 0.717) is 12.1 Å². The largest absolute Gasteiger partial charge is 0.303 e. The second-order valence-electron chi connectivity index (χ2n) is 6.96. The van der Waals surface area contributed by atoms with Crippen molar-refractivity contribution in [2.24, 2.45) is 0 Å². The molecule has 2 aromatic carbocycles. The van der Waals surface area contributed by atoms with Crippen molar-refractivity contribution in [3.8, 4) is 6.07 Å². The molecule has 1 aliphatic rings. The predicted molar refractivity (Wildman–Crippen MR) is 119 cm³/mol. The quantitative estimate of drug-likeness (QED) is 0.659. The van der Waals surface area contributed by atoms with Crippen LogP contribution in [0.2, 0.25) is 0 Å². The first-order valence-electron chi connectivity index (χ1n) is 9.99. The molecule has 1 aliphatic heterocycles. The second-order valence-corrected chi connectivity index (χ2v) is 7.76. The van der Waals surface area contributed by atoms with Gasteiger partial charge >= 0.3 is 0 Å². The van der Waals surface area contributed by atoms with Crippen LogP contribution in [0.3, 0.4) is 0 Å². The fourth-order valence-corrected chi connectivity index (χ4v) is 4.90. The monoisotopic (exact) mass is 405 g/mol. The molecule has 4 nitrogen and oxygen atoms in total. The van der Waals surface area contributed by atoms with Crippen molar-refractivity contribution >= 4 is 17.7 Å². The summed E-state index contributed by atoms with van der Waals surface area (Å²) in [6, 6.07) is 21.8. The first-order valence-corrected chi connectivity index (χ1v) is 11.2. The Balaban J connectivity index is 2.19. The Kier molecular flexibility index (Phi) is 6.79. The van der Waals surface area contributed by atoms with Crippen molar-refractivity contribution < 1.29 is 4.79 Å². The smallest absolute Gasteiger partial charge is 0.247 e. The number of hydrogen-bond donors (Lipinski definition) is 0. The zero-order valence-electron chi connectivity index (χ0n) is 17.3. The Hall–Kier alpha value is -2.55. The molecule has 5 heteroatoms. The zero-order chi connectivity index (χ0) is 20.9. The van der Waals surface area contributed by atoms with E-state index in [1.54, 1.807) is 0 Å². The number of hydrogen-bond acceptors (Lipinski definition) is 4. The van der Waals surface area contributed by atoms with E-state index in [1.165, 1.54) is 11.8 Å². The Morgan fingerprint density at radius 1 is 1.00 bits per heavy atom. The zero-order valence-corrected chi connectivity index (χ0v) is 18.1. The van der Waals surface area contributed by atoms with Crippen molar-refractivity contribution in [1.82, 2.24) is 9.80 Å². The van der Waals surface area contributed by atoms with Gasteiger partial charge in [0.2, 0.25) is 5.91 Å². The maximum absolute atomic E-state index is 14.1. The molecule has 29 heavy (non-hydrogen) atoms. The van der Waals surface area contributed by atoms with Crippen LogP contribution >= 0.6 is 11.8 Å². The van der Waals surface area contributed by atoms with Crippen LogP contribution in [0.15, 0.2) is 71.3 Å². The summed E-state index contributed by atoms with van der Waals surface area (Å²) in [4.78, 5) is 18.2. The van der Waals surface area contributed by atoms with Gasteiger partial charge in [-0.25, -0.2) is 0 Å². The van der Waals surface area contributed by atoms with Gasteiger partial charge in [0.15, 0.2) is 0 Å². The van der Waals surface area contributed by atoms with Crippen LogP contribution in [-0.4, -0.2) is 48.1 Å². The first kappa shape index (κ1) is 21.2. The molecule has 0 N–H and O–H groups in total. The van der Waals surface area contributed by atoms with Crippen LogP contribution in [0, 0.1) is 11.3 Å². The van der Waals surface area contributed by atoms with E-state index < -0.39 is 5.41 Å². The molecular weight excluding hydrogens is 378 g/mol. The standard InChI is InChI=1S/C24H27N3OS/c1-4-26(5-2)16-17-27-22(29-3)21(18-25)24(23(27)28,19-12-8-6-9-13-19)20-14-10-7-11-15-20/h6-15H,4-5,16-17H2,1-3H3. The molecule has 1 heterocycles. The maximum atomic E-state index is 14.1. The third kappa shape index (κ3) is 3.59. The molecule has 0 aromatic heterocycles. The van der Waals surface area contributed by atoms with Crippen LogP contribution in [0.4, 0.5) is 0 Å². The lowest BCUT2D eigenvalue weighted by atomic mass is 9.70. The van der Waals surface area contributed by atoms with Crippen molar-refractivity contribution in [1.29, 1.82) is 5.26 Å². The van der Waals surface area contributed by atoms with E-state index in [9.17, 15) is 10.1 Å². The molecule has 0 aliphatic carbocycles. The summed E-state index contributed by atoms with van der Waals surface area (Å²) in [5.41, 5.74) is 1.10. The number of carbonyl (C=O) groups excluding carboxylic acids is 1. The van der Waals surface area contributed by atoms with Crippen molar-refractivity contribution in [2.75, 3.05) is 32.4 Å². The number of benzene rings is 2. The van der Waals surface area contributed by atoms with Gasteiger partial charge < -0.3 is 9.80 Å². The molecule has 0 bridgehead atoms. The molecular formula is C24H27N3OS. The highest BCUT2D eigenvalue weighted by molar-refractivity contribution is 8.02. The number of amides is 1. The molecule has 3 rings (SSSR count). The maximum Gasteiger partial charge on any atom is 0.247 e. The van der Waals surface area contributed by atoms with E-state index >= 15 is 0 Å². The molecule has 0 unspecified atom stereocenters. The third-order valence-electron chi connectivity index (χ3n) is 5.65. The Morgan fingerprint density at radius 2 is 1.52 bits per heavy atom. The highest BCUT2D eigenvalue weighted by Crippen LogP contribution is 2.49. The Morgan fingerprint density at radius 3 is 1.93 bits per heavy atom. The lowest BCUT2D eigenvalue weighted by Gasteiger charge is -2.31. The summed E-state index contributed by atoms with van der Waals surface area (Å²) in [7, 11) is 0. The molecule has 150 valence electrons. The van der Waals surface area contributed by atoms with Gasteiger partial charge in [0, 0.05) is 13.1 Å². The lowest BCUT2D eigenvalue weighted by molar-refractivity contribution is -0.130. The molecule has 2 aromatic rings. The SMILES string of the molecule is CCN(CC)CCN1C(=O)C(c2ccccc2)(c2ccccc2)C(C#N)=C1SC. The van der Waals surface area contributed by atoms with E-state index in [0.717, 1.165) is 35.8 Å². The highest BCUT2D eigenvalue weighted by Gasteiger charge is 2.55. The predicted octanol–water partition coefficient (Wildman–Crippen LogP) is 4.25. The minimum absolute atomic E-state index is 0.0389. The Labute approximate surface area is 177 Å². The van der Waals surface area contributed by atoms with Crippen LogP contribution < -0.4 is 0 Å². The first-order chi connectivity index (χ1) is 14.1. The van der Waals surface area contributed by atoms with Crippen molar-refractivity contribution in [2.45, 2.75) is 19.3 Å². The average molecular weight is 406 g/mol. The van der Waals surface area contributed by atoms with Gasteiger partial charge in [-0.3, -0.25) is 4.79 Å². The van der Waals surface area contributed by atoms with Gasteiger partial charge in [0.25, 0.3) is 0 Å². The Bertz CT molecular complexity index is 875. The van der Waals surface area contributed by atoms with Gasteiger partial charge in [0.05, 0.1) is 16.7 Å². The summed E-state index contributed by atoms with van der Waals surface area (Å²) >= 11 is 1.48. The number of thioether (sulfide) groups is 1. The van der Waals surface area contributed by atoms with E-state index in [-0.39, 0.29) is 5.91 Å². The summed E-state index contributed by atoms with van der Waals surface area (Å²) in [6.07, 6.45) is 1.94.